The van der Waals surface area contributed by atoms with Crippen molar-refractivity contribution in [2.45, 2.75) is 43.9 Å². The van der Waals surface area contributed by atoms with Gasteiger partial charge in [-0.25, -0.2) is 8.42 Å². The number of unbranched alkanes of at least 4 members (excludes halogenated alkanes) is 1. The molecule has 146 valence electrons. The molecule has 0 saturated carbocycles. The first-order valence-corrected chi connectivity index (χ1v) is 11.4. The molecule has 2 heterocycles. The van der Waals surface area contributed by atoms with Gasteiger partial charge in [-0.2, -0.15) is 4.31 Å². The van der Waals surface area contributed by atoms with E-state index in [1.807, 2.05) is 0 Å². The molecule has 0 spiro atoms. The molecule has 9 heteroatoms. The van der Waals surface area contributed by atoms with E-state index >= 15 is 0 Å². The second kappa shape index (κ2) is 8.90. The highest BCUT2D eigenvalue weighted by molar-refractivity contribution is 7.89. The maximum absolute atomic E-state index is 12.7. The van der Waals surface area contributed by atoms with Crippen LogP contribution in [0.2, 0.25) is 0 Å². The number of anilines is 1. The molecule has 1 aromatic heterocycles. The summed E-state index contributed by atoms with van der Waals surface area (Å²) in [6, 6.07) is 8.41. The van der Waals surface area contributed by atoms with Crippen LogP contribution >= 0.6 is 11.3 Å². The van der Waals surface area contributed by atoms with Gasteiger partial charge in [-0.1, -0.05) is 42.9 Å². The van der Waals surface area contributed by atoms with Crippen molar-refractivity contribution in [1.82, 2.24) is 14.5 Å². The summed E-state index contributed by atoms with van der Waals surface area (Å²) < 4.78 is 26.8. The number of aryl methyl sites for hydroxylation is 1. The number of rotatable bonds is 7. The number of carbonyl (C=O) groups excluding carboxylic acids is 1. The van der Waals surface area contributed by atoms with Gasteiger partial charge in [0.15, 0.2) is 0 Å². The van der Waals surface area contributed by atoms with Gasteiger partial charge in [-0.3, -0.25) is 4.79 Å². The number of hydrogen-bond acceptors (Lipinski definition) is 6. The van der Waals surface area contributed by atoms with Gasteiger partial charge in [0, 0.05) is 25.4 Å². The summed E-state index contributed by atoms with van der Waals surface area (Å²) in [5.41, 5.74) is 0. The van der Waals surface area contributed by atoms with Gasteiger partial charge >= 0.3 is 0 Å². The molecule has 1 fully saturated rings. The molecule has 1 aliphatic heterocycles. The number of amides is 1. The van der Waals surface area contributed by atoms with Crippen LogP contribution in [0.15, 0.2) is 35.2 Å². The molecule has 1 saturated heterocycles. The van der Waals surface area contributed by atoms with Gasteiger partial charge in [0.2, 0.25) is 21.1 Å². The van der Waals surface area contributed by atoms with Crippen molar-refractivity contribution < 1.29 is 13.2 Å². The molecule has 1 N–H and O–H groups in total. The van der Waals surface area contributed by atoms with E-state index in [1.165, 1.54) is 15.6 Å². The fourth-order valence-electron chi connectivity index (χ4n) is 3.04. The van der Waals surface area contributed by atoms with Crippen LogP contribution < -0.4 is 5.32 Å². The molecular formula is C18H24N4O3S2. The van der Waals surface area contributed by atoms with Crippen molar-refractivity contribution in [1.29, 1.82) is 0 Å². The molecule has 2 aromatic rings. The van der Waals surface area contributed by atoms with Crippen LogP contribution in [0.25, 0.3) is 0 Å². The first kappa shape index (κ1) is 19.9. The number of piperidine rings is 1. The Balaban J connectivity index is 1.54. The van der Waals surface area contributed by atoms with E-state index in [9.17, 15) is 13.2 Å². The summed E-state index contributed by atoms with van der Waals surface area (Å²) >= 11 is 1.41. The zero-order valence-corrected chi connectivity index (χ0v) is 16.9. The maximum atomic E-state index is 12.7. The monoisotopic (exact) mass is 408 g/mol. The Labute approximate surface area is 163 Å². The average molecular weight is 409 g/mol. The van der Waals surface area contributed by atoms with Gasteiger partial charge in [-0.15, -0.1) is 10.2 Å². The van der Waals surface area contributed by atoms with Crippen molar-refractivity contribution in [2.75, 3.05) is 18.4 Å². The summed E-state index contributed by atoms with van der Waals surface area (Å²) in [5, 5.41) is 12.4. The van der Waals surface area contributed by atoms with Gasteiger partial charge < -0.3 is 5.32 Å². The molecule has 0 radical (unpaired) electrons. The second-order valence-corrected chi connectivity index (χ2v) is 9.59. The van der Waals surface area contributed by atoms with Crippen LogP contribution in [-0.4, -0.2) is 41.9 Å². The predicted molar refractivity (Wildman–Crippen MR) is 105 cm³/mol. The highest BCUT2D eigenvalue weighted by Gasteiger charge is 2.32. The summed E-state index contributed by atoms with van der Waals surface area (Å²) in [6.07, 6.45) is 4.02. The summed E-state index contributed by atoms with van der Waals surface area (Å²) in [4.78, 5) is 12.8. The quantitative estimate of drug-likeness (QED) is 0.760. The lowest BCUT2D eigenvalue weighted by Gasteiger charge is -2.30. The molecule has 0 bridgehead atoms. The van der Waals surface area contributed by atoms with Crippen molar-refractivity contribution in [2.24, 2.45) is 5.92 Å². The Bertz CT molecular complexity index is 860. The zero-order chi connectivity index (χ0) is 19.3. The Morgan fingerprint density at radius 3 is 2.59 bits per heavy atom. The van der Waals surface area contributed by atoms with Crippen molar-refractivity contribution in [3.63, 3.8) is 0 Å². The smallest absolute Gasteiger partial charge is 0.243 e. The highest BCUT2D eigenvalue weighted by atomic mass is 32.2. The summed E-state index contributed by atoms with van der Waals surface area (Å²) in [5.74, 6) is -0.319. The number of nitrogens with one attached hydrogen (secondary N) is 1. The lowest BCUT2D eigenvalue weighted by atomic mass is 9.97. The van der Waals surface area contributed by atoms with Crippen LogP contribution in [-0.2, 0) is 21.2 Å². The molecule has 1 aliphatic rings. The third-order valence-corrected chi connectivity index (χ3v) is 7.46. The average Bonchev–Trinajstić information content (AvgIpc) is 3.14. The van der Waals surface area contributed by atoms with E-state index in [-0.39, 0.29) is 11.8 Å². The van der Waals surface area contributed by atoms with Crippen LogP contribution in [0.5, 0.6) is 0 Å². The lowest BCUT2D eigenvalue weighted by Crippen LogP contribution is -2.41. The fraction of sp³-hybridized carbons (Fsp3) is 0.500. The van der Waals surface area contributed by atoms with E-state index < -0.39 is 10.0 Å². The first-order valence-electron chi connectivity index (χ1n) is 9.19. The minimum absolute atomic E-state index is 0.107. The maximum Gasteiger partial charge on any atom is 0.243 e. The molecule has 1 amide bonds. The third kappa shape index (κ3) is 4.91. The van der Waals surface area contributed by atoms with E-state index in [0.29, 0.717) is 36.0 Å². The van der Waals surface area contributed by atoms with E-state index in [2.05, 4.69) is 22.4 Å². The zero-order valence-electron chi connectivity index (χ0n) is 15.3. The molecule has 3 rings (SSSR count). The Morgan fingerprint density at radius 1 is 1.22 bits per heavy atom. The summed E-state index contributed by atoms with van der Waals surface area (Å²) in [6.45, 7) is 2.80. The third-order valence-electron chi connectivity index (χ3n) is 4.65. The number of sulfonamides is 1. The van der Waals surface area contributed by atoms with Crippen LogP contribution in [0, 0.1) is 5.92 Å². The van der Waals surface area contributed by atoms with Gasteiger partial charge in [0.1, 0.15) is 5.01 Å². The van der Waals surface area contributed by atoms with Crippen LogP contribution in [0.1, 0.15) is 37.6 Å². The van der Waals surface area contributed by atoms with Gasteiger partial charge in [0.05, 0.1) is 4.90 Å². The summed E-state index contributed by atoms with van der Waals surface area (Å²) in [7, 11) is -3.49. The van der Waals surface area contributed by atoms with E-state index in [4.69, 9.17) is 0 Å². The van der Waals surface area contributed by atoms with Crippen molar-refractivity contribution in [3.05, 3.63) is 35.3 Å². The Hall–Kier alpha value is -1.84. The molecule has 7 nitrogen and oxygen atoms in total. The Morgan fingerprint density at radius 2 is 1.93 bits per heavy atom. The fourth-order valence-corrected chi connectivity index (χ4v) is 5.32. The first-order chi connectivity index (χ1) is 13.0. The van der Waals surface area contributed by atoms with Gasteiger partial charge in [0.25, 0.3) is 0 Å². The largest absolute Gasteiger partial charge is 0.300 e. The number of aromatic nitrogens is 2. The van der Waals surface area contributed by atoms with Gasteiger partial charge in [-0.05, 0) is 31.4 Å². The predicted octanol–water partition coefficient (Wildman–Crippen LogP) is 2.92. The number of hydrogen-bond donors (Lipinski definition) is 1. The second-order valence-electron chi connectivity index (χ2n) is 6.59. The number of benzene rings is 1. The molecule has 0 aliphatic carbocycles. The van der Waals surface area contributed by atoms with Crippen molar-refractivity contribution >= 4 is 32.4 Å². The molecule has 0 atom stereocenters. The number of nitrogens with zero attached hydrogens (tertiary/aromatic N) is 3. The van der Waals surface area contributed by atoms with Crippen LogP contribution in [0.4, 0.5) is 5.13 Å². The van der Waals surface area contributed by atoms with Crippen molar-refractivity contribution in [3.8, 4) is 0 Å². The Kier molecular flexibility index (Phi) is 6.56. The minimum atomic E-state index is -3.49. The topological polar surface area (TPSA) is 92.3 Å². The molecule has 27 heavy (non-hydrogen) atoms. The molecular weight excluding hydrogens is 384 g/mol. The SMILES string of the molecule is CCCCc1nnc(NC(=O)C2CCN(S(=O)(=O)c3ccccc3)CC2)s1. The minimum Gasteiger partial charge on any atom is -0.300 e. The molecule has 0 unspecified atom stereocenters. The highest BCUT2D eigenvalue weighted by Crippen LogP contribution is 2.25. The molecule has 1 aromatic carbocycles. The lowest BCUT2D eigenvalue weighted by molar-refractivity contribution is -0.120. The van der Waals surface area contributed by atoms with E-state index in [1.54, 1.807) is 30.3 Å². The van der Waals surface area contributed by atoms with E-state index in [0.717, 1.165) is 24.3 Å². The number of carbonyl (C=O) groups is 1. The standard InChI is InChI=1S/C18H24N4O3S2/c1-2-3-9-16-20-21-18(26-16)19-17(23)14-10-12-22(13-11-14)27(24,25)15-7-5-4-6-8-15/h4-8,14H,2-3,9-13H2,1H3,(H,19,21,23). The normalized spacial score (nSPS) is 16.3. The van der Waals surface area contributed by atoms with Crippen LogP contribution in [0.3, 0.4) is 0 Å².